The van der Waals surface area contributed by atoms with Crippen LogP contribution in [-0.4, -0.2) is 16.2 Å². The van der Waals surface area contributed by atoms with Gasteiger partial charge in [-0.25, -0.2) is 4.98 Å². The molecule has 0 saturated carbocycles. The number of alkyl halides is 2. The van der Waals surface area contributed by atoms with Gasteiger partial charge in [-0.3, -0.25) is 9.36 Å². The third-order valence-electron chi connectivity index (χ3n) is 4.27. The van der Waals surface area contributed by atoms with E-state index in [0.29, 0.717) is 40.3 Å². The van der Waals surface area contributed by atoms with Crippen molar-refractivity contribution in [3.8, 4) is 5.75 Å². The Balaban J connectivity index is 1.85. The molecule has 1 aliphatic rings. The molecule has 0 bridgehead atoms. The van der Waals surface area contributed by atoms with Crippen molar-refractivity contribution in [1.82, 2.24) is 9.55 Å². The zero-order valence-electron chi connectivity index (χ0n) is 13.5. The average molecular weight is 375 g/mol. The van der Waals surface area contributed by atoms with Crippen molar-refractivity contribution in [2.24, 2.45) is 0 Å². The number of benzene rings is 2. The van der Waals surface area contributed by atoms with Crippen LogP contribution in [0.15, 0.2) is 47.3 Å². The molecule has 3 aromatic rings. The highest BCUT2D eigenvalue weighted by molar-refractivity contribution is 6.31. The maximum absolute atomic E-state index is 12.7. The van der Waals surface area contributed by atoms with Crippen molar-refractivity contribution in [2.45, 2.75) is 19.6 Å². The van der Waals surface area contributed by atoms with Crippen LogP contribution in [0.3, 0.4) is 0 Å². The summed E-state index contributed by atoms with van der Waals surface area (Å²) in [5.74, 6) is 0.608. The molecule has 0 radical (unpaired) electrons. The topological polar surface area (TPSA) is 44.1 Å². The molecule has 0 saturated heterocycles. The van der Waals surface area contributed by atoms with E-state index < -0.39 is 6.61 Å². The minimum Gasteiger partial charge on any atom is -0.434 e. The van der Waals surface area contributed by atoms with Gasteiger partial charge in [0.2, 0.25) is 0 Å². The summed E-state index contributed by atoms with van der Waals surface area (Å²) in [4.78, 5) is 17.2. The van der Waals surface area contributed by atoms with E-state index in [1.807, 2.05) is 0 Å². The smallest absolute Gasteiger partial charge is 0.387 e. The molecule has 2 heterocycles. The van der Waals surface area contributed by atoms with E-state index in [0.717, 1.165) is 5.57 Å². The molecule has 0 spiro atoms. The van der Waals surface area contributed by atoms with Crippen molar-refractivity contribution in [3.63, 3.8) is 0 Å². The number of hydrogen-bond acceptors (Lipinski definition) is 3. The van der Waals surface area contributed by atoms with Gasteiger partial charge in [-0.15, -0.1) is 0 Å². The van der Waals surface area contributed by atoms with E-state index in [4.69, 9.17) is 11.6 Å². The van der Waals surface area contributed by atoms with Crippen LogP contribution in [0.5, 0.6) is 5.75 Å². The Kier molecular flexibility index (Phi) is 4.20. The van der Waals surface area contributed by atoms with Gasteiger partial charge in [-0.2, -0.15) is 8.78 Å². The van der Waals surface area contributed by atoms with Crippen LogP contribution >= 0.6 is 11.6 Å². The number of rotatable bonds is 3. The highest BCUT2D eigenvalue weighted by Gasteiger charge is 2.21. The van der Waals surface area contributed by atoms with E-state index in [9.17, 15) is 13.6 Å². The number of halogens is 3. The number of allylic oxidation sites excluding steroid dienone is 1. The molecule has 4 rings (SSSR count). The fraction of sp³-hybridized carbons (Fsp3) is 0.158. The van der Waals surface area contributed by atoms with Crippen molar-refractivity contribution in [2.75, 3.05) is 0 Å². The zero-order chi connectivity index (χ0) is 18.3. The Hall–Kier alpha value is -2.73. The number of hydrogen-bond donors (Lipinski definition) is 0. The molecule has 1 aromatic heterocycles. The summed E-state index contributed by atoms with van der Waals surface area (Å²) in [5.41, 5.74) is 1.67. The van der Waals surface area contributed by atoms with Crippen LogP contribution in [-0.2, 0) is 6.54 Å². The molecular weight excluding hydrogens is 362 g/mol. The van der Waals surface area contributed by atoms with Crippen LogP contribution in [0.4, 0.5) is 8.78 Å². The molecule has 0 atom stereocenters. The number of nitrogens with zero attached hydrogens (tertiary/aromatic N) is 2. The molecule has 0 aliphatic carbocycles. The van der Waals surface area contributed by atoms with E-state index in [1.54, 1.807) is 47.0 Å². The Morgan fingerprint density at radius 1 is 1.23 bits per heavy atom. The molecule has 1 aliphatic heterocycles. The second kappa shape index (κ2) is 6.53. The highest BCUT2D eigenvalue weighted by atomic mass is 35.5. The maximum Gasteiger partial charge on any atom is 0.387 e. The van der Waals surface area contributed by atoms with Crippen LogP contribution < -0.4 is 10.3 Å². The summed E-state index contributed by atoms with van der Waals surface area (Å²) in [6.07, 6.45) is 2.31. The first-order chi connectivity index (χ1) is 12.5. The predicted octanol–water partition coefficient (Wildman–Crippen LogP) is 4.60. The van der Waals surface area contributed by atoms with Gasteiger partial charge in [-0.1, -0.05) is 29.8 Å². The summed E-state index contributed by atoms with van der Waals surface area (Å²) >= 11 is 6.01. The van der Waals surface area contributed by atoms with Gasteiger partial charge in [0.15, 0.2) is 0 Å². The number of ether oxygens (including phenoxy) is 1. The molecule has 26 heavy (non-hydrogen) atoms. The number of para-hydroxylation sites is 1. The first-order valence-electron chi connectivity index (χ1n) is 7.98. The Morgan fingerprint density at radius 3 is 2.85 bits per heavy atom. The lowest BCUT2D eigenvalue weighted by atomic mass is 10.1. The lowest BCUT2D eigenvalue weighted by Gasteiger charge is -2.09. The van der Waals surface area contributed by atoms with E-state index >= 15 is 0 Å². The first-order valence-corrected chi connectivity index (χ1v) is 8.35. The predicted molar refractivity (Wildman–Crippen MR) is 96.6 cm³/mol. The van der Waals surface area contributed by atoms with Crippen molar-refractivity contribution < 1.29 is 13.5 Å². The van der Waals surface area contributed by atoms with Crippen LogP contribution in [0.2, 0.25) is 5.02 Å². The largest absolute Gasteiger partial charge is 0.434 e. The fourth-order valence-electron chi connectivity index (χ4n) is 3.12. The average Bonchev–Trinajstić information content (AvgIpc) is 2.99. The molecule has 132 valence electrons. The molecule has 2 aromatic carbocycles. The fourth-order valence-corrected chi connectivity index (χ4v) is 3.28. The van der Waals surface area contributed by atoms with Gasteiger partial charge >= 0.3 is 6.61 Å². The number of aromatic nitrogens is 2. The Labute approximate surface area is 152 Å². The molecule has 0 amide bonds. The molecule has 7 heteroatoms. The van der Waals surface area contributed by atoms with Crippen molar-refractivity contribution >= 4 is 34.2 Å². The molecular formula is C19H13ClF2N2O2. The third kappa shape index (κ3) is 2.97. The minimum absolute atomic E-state index is 0.0830. The normalized spacial score (nSPS) is 15.0. The van der Waals surface area contributed by atoms with Crippen molar-refractivity contribution in [1.29, 1.82) is 0 Å². The van der Waals surface area contributed by atoms with Gasteiger partial charge < -0.3 is 4.74 Å². The van der Waals surface area contributed by atoms with E-state index in [1.165, 1.54) is 6.07 Å². The SMILES string of the molecule is O=c1c2ccc(Cl)cc2nc2n1CCC2=Cc1ccccc1OC(F)F. The minimum atomic E-state index is -2.91. The van der Waals surface area contributed by atoms with Crippen LogP contribution in [0.25, 0.3) is 22.6 Å². The van der Waals surface area contributed by atoms with Gasteiger partial charge in [0, 0.05) is 17.1 Å². The standard InChI is InChI=1S/C19H13ClF2N2O2/c20-13-5-6-14-15(10-13)23-17-12(7-8-24(17)18(14)25)9-11-3-1-2-4-16(11)26-19(21)22/h1-6,9-10,19H,7-8H2. The van der Waals surface area contributed by atoms with E-state index in [2.05, 4.69) is 9.72 Å². The van der Waals surface area contributed by atoms with Gasteiger partial charge in [0.25, 0.3) is 5.56 Å². The van der Waals surface area contributed by atoms with Gasteiger partial charge in [0.05, 0.1) is 10.9 Å². The first kappa shape index (κ1) is 16.7. The number of fused-ring (bicyclic) bond motifs is 2. The monoisotopic (exact) mass is 374 g/mol. The lowest BCUT2D eigenvalue weighted by molar-refractivity contribution is -0.0499. The van der Waals surface area contributed by atoms with E-state index in [-0.39, 0.29) is 11.3 Å². The Morgan fingerprint density at radius 2 is 2.04 bits per heavy atom. The maximum atomic E-state index is 12.7. The summed E-state index contributed by atoms with van der Waals surface area (Å²) in [5, 5.41) is 0.995. The second-order valence-electron chi connectivity index (χ2n) is 5.89. The summed E-state index contributed by atoms with van der Waals surface area (Å²) in [6.45, 7) is -2.42. The summed E-state index contributed by atoms with van der Waals surface area (Å²) in [6, 6.07) is 11.5. The highest BCUT2D eigenvalue weighted by Crippen LogP contribution is 2.31. The van der Waals surface area contributed by atoms with Crippen LogP contribution in [0, 0.1) is 0 Å². The van der Waals surface area contributed by atoms with Gasteiger partial charge in [0.1, 0.15) is 11.6 Å². The van der Waals surface area contributed by atoms with Crippen molar-refractivity contribution in [3.05, 3.63) is 69.2 Å². The molecule has 0 unspecified atom stereocenters. The Bertz CT molecular complexity index is 1090. The lowest BCUT2D eigenvalue weighted by Crippen LogP contribution is -2.20. The van der Waals surface area contributed by atoms with Crippen LogP contribution in [0.1, 0.15) is 17.8 Å². The molecule has 0 N–H and O–H groups in total. The quantitative estimate of drug-likeness (QED) is 0.673. The molecule has 4 nitrogen and oxygen atoms in total. The second-order valence-corrected chi connectivity index (χ2v) is 6.33. The zero-order valence-corrected chi connectivity index (χ0v) is 14.2. The summed E-state index contributed by atoms with van der Waals surface area (Å²) < 4.78 is 31.4. The third-order valence-corrected chi connectivity index (χ3v) is 4.51. The summed E-state index contributed by atoms with van der Waals surface area (Å²) in [7, 11) is 0. The molecule has 0 fully saturated rings. The van der Waals surface area contributed by atoms with Gasteiger partial charge in [-0.05, 0) is 42.3 Å².